The maximum Gasteiger partial charge on any atom is 0.226 e. The zero-order chi connectivity index (χ0) is 16.8. The summed E-state index contributed by atoms with van der Waals surface area (Å²) >= 11 is 0. The SMILES string of the molecule is CCc1cccc(C)c1NCCC(=O)Nc1ccc(C)c(C)c1. The van der Waals surface area contributed by atoms with Crippen molar-refractivity contribution in [1.29, 1.82) is 0 Å². The van der Waals surface area contributed by atoms with Crippen LogP contribution in [0.5, 0.6) is 0 Å². The molecule has 0 spiro atoms. The quantitative estimate of drug-likeness (QED) is 0.817. The number of para-hydroxylation sites is 1. The molecule has 0 fully saturated rings. The van der Waals surface area contributed by atoms with E-state index in [1.54, 1.807) is 0 Å². The maximum atomic E-state index is 12.1. The summed E-state index contributed by atoms with van der Waals surface area (Å²) < 4.78 is 0. The van der Waals surface area contributed by atoms with Crippen LogP contribution in [0.1, 0.15) is 35.6 Å². The van der Waals surface area contributed by atoms with Gasteiger partial charge in [-0.2, -0.15) is 0 Å². The number of aryl methyl sites for hydroxylation is 4. The van der Waals surface area contributed by atoms with Crippen molar-refractivity contribution in [1.82, 2.24) is 0 Å². The topological polar surface area (TPSA) is 41.1 Å². The minimum Gasteiger partial charge on any atom is -0.384 e. The first-order chi connectivity index (χ1) is 11.0. The third-order valence-electron chi connectivity index (χ3n) is 4.18. The standard InChI is InChI=1S/C20H26N2O/c1-5-17-8-6-7-15(3)20(17)21-12-11-19(23)22-18-10-9-14(2)16(4)13-18/h6-10,13,21H,5,11-12H2,1-4H3,(H,22,23). The van der Waals surface area contributed by atoms with Gasteiger partial charge in [0.15, 0.2) is 0 Å². The zero-order valence-corrected chi connectivity index (χ0v) is 14.5. The van der Waals surface area contributed by atoms with Gasteiger partial charge < -0.3 is 10.6 Å². The highest BCUT2D eigenvalue weighted by atomic mass is 16.1. The Hall–Kier alpha value is -2.29. The predicted molar refractivity (Wildman–Crippen MR) is 98.2 cm³/mol. The van der Waals surface area contributed by atoms with Crippen molar-refractivity contribution in [3.8, 4) is 0 Å². The van der Waals surface area contributed by atoms with Crippen LogP contribution >= 0.6 is 0 Å². The van der Waals surface area contributed by atoms with Crippen LogP contribution in [-0.4, -0.2) is 12.5 Å². The van der Waals surface area contributed by atoms with Crippen LogP contribution in [0.3, 0.4) is 0 Å². The zero-order valence-electron chi connectivity index (χ0n) is 14.5. The molecule has 2 rings (SSSR count). The molecule has 0 unspecified atom stereocenters. The van der Waals surface area contributed by atoms with Crippen molar-refractivity contribution in [3.05, 3.63) is 58.7 Å². The Kier molecular flexibility index (Phi) is 5.80. The number of hydrogen-bond donors (Lipinski definition) is 2. The van der Waals surface area contributed by atoms with Crippen molar-refractivity contribution >= 4 is 17.3 Å². The lowest BCUT2D eigenvalue weighted by atomic mass is 10.1. The maximum absolute atomic E-state index is 12.1. The highest BCUT2D eigenvalue weighted by molar-refractivity contribution is 5.91. The van der Waals surface area contributed by atoms with Crippen molar-refractivity contribution < 1.29 is 4.79 Å². The second-order valence-electron chi connectivity index (χ2n) is 5.99. The molecule has 0 saturated carbocycles. The van der Waals surface area contributed by atoms with Gasteiger partial charge in [0, 0.05) is 24.3 Å². The summed E-state index contributed by atoms with van der Waals surface area (Å²) in [5.41, 5.74) is 6.96. The molecule has 0 aliphatic heterocycles. The molecule has 2 N–H and O–H groups in total. The molecule has 1 amide bonds. The van der Waals surface area contributed by atoms with E-state index in [-0.39, 0.29) is 5.91 Å². The molecule has 3 nitrogen and oxygen atoms in total. The molecular formula is C20H26N2O. The van der Waals surface area contributed by atoms with E-state index in [0.29, 0.717) is 13.0 Å². The Morgan fingerprint density at radius 3 is 2.48 bits per heavy atom. The van der Waals surface area contributed by atoms with Gasteiger partial charge in [-0.05, 0) is 61.6 Å². The second-order valence-corrected chi connectivity index (χ2v) is 5.99. The Labute approximate surface area is 139 Å². The first-order valence-corrected chi connectivity index (χ1v) is 8.20. The van der Waals surface area contributed by atoms with E-state index in [4.69, 9.17) is 0 Å². The number of nitrogens with one attached hydrogen (secondary N) is 2. The fraction of sp³-hybridized carbons (Fsp3) is 0.350. The third-order valence-corrected chi connectivity index (χ3v) is 4.18. The smallest absolute Gasteiger partial charge is 0.226 e. The van der Waals surface area contributed by atoms with Crippen molar-refractivity contribution in [2.24, 2.45) is 0 Å². The summed E-state index contributed by atoms with van der Waals surface area (Å²) in [7, 11) is 0. The second kappa shape index (κ2) is 7.82. The highest BCUT2D eigenvalue weighted by Gasteiger charge is 2.06. The average Bonchev–Trinajstić information content (AvgIpc) is 2.52. The Bertz CT molecular complexity index is 692. The molecular weight excluding hydrogens is 284 g/mol. The number of anilines is 2. The lowest BCUT2D eigenvalue weighted by Crippen LogP contribution is -2.17. The number of amides is 1. The van der Waals surface area contributed by atoms with Crippen LogP contribution in [0.2, 0.25) is 0 Å². The van der Waals surface area contributed by atoms with E-state index in [1.807, 2.05) is 18.2 Å². The van der Waals surface area contributed by atoms with Crippen LogP contribution in [0.15, 0.2) is 36.4 Å². The number of carbonyl (C=O) groups excluding carboxylic acids is 1. The lowest BCUT2D eigenvalue weighted by Gasteiger charge is -2.14. The summed E-state index contributed by atoms with van der Waals surface area (Å²) in [6, 6.07) is 12.3. The van der Waals surface area contributed by atoms with Gasteiger partial charge in [0.05, 0.1) is 0 Å². The van der Waals surface area contributed by atoms with Crippen molar-refractivity contribution in [3.63, 3.8) is 0 Å². The van der Waals surface area contributed by atoms with E-state index < -0.39 is 0 Å². The predicted octanol–water partition coefficient (Wildman–Crippen LogP) is 4.61. The molecule has 0 saturated heterocycles. The van der Waals surface area contributed by atoms with Gasteiger partial charge in [-0.15, -0.1) is 0 Å². The lowest BCUT2D eigenvalue weighted by molar-refractivity contribution is -0.115. The Balaban J connectivity index is 1.89. The molecule has 122 valence electrons. The summed E-state index contributed by atoms with van der Waals surface area (Å²) in [6.07, 6.45) is 1.43. The molecule has 0 heterocycles. The molecule has 2 aromatic rings. The molecule has 0 bridgehead atoms. The summed E-state index contributed by atoms with van der Waals surface area (Å²) in [6.45, 7) is 8.99. The van der Waals surface area contributed by atoms with Gasteiger partial charge in [-0.25, -0.2) is 0 Å². The summed E-state index contributed by atoms with van der Waals surface area (Å²) in [4.78, 5) is 12.1. The number of carbonyl (C=O) groups is 1. The van der Waals surface area contributed by atoms with Crippen LogP contribution < -0.4 is 10.6 Å². The van der Waals surface area contributed by atoms with E-state index >= 15 is 0 Å². The Morgan fingerprint density at radius 1 is 1.00 bits per heavy atom. The molecule has 0 aromatic heterocycles. The third kappa shape index (κ3) is 4.59. The molecule has 0 aliphatic rings. The van der Waals surface area contributed by atoms with Crippen LogP contribution in [0.4, 0.5) is 11.4 Å². The van der Waals surface area contributed by atoms with Gasteiger partial charge >= 0.3 is 0 Å². The first kappa shape index (κ1) is 17.1. The first-order valence-electron chi connectivity index (χ1n) is 8.20. The largest absolute Gasteiger partial charge is 0.384 e. The minimum absolute atomic E-state index is 0.0346. The summed E-state index contributed by atoms with van der Waals surface area (Å²) in [5.74, 6) is 0.0346. The van der Waals surface area contributed by atoms with Crippen LogP contribution in [-0.2, 0) is 11.2 Å². The van der Waals surface area contributed by atoms with Crippen LogP contribution in [0, 0.1) is 20.8 Å². The monoisotopic (exact) mass is 310 g/mol. The molecule has 3 heteroatoms. The molecule has 2 aromatic carbocycles. The highest BCUT2D eigenvalue weighted by Crippen LogP contribution is 2.21. The summed E-state index contributed by atoms with van der Waals surface area (Å²) in [5, 5.41) is 6.37. The van der Waals surface area contributed by atoms with Crippen molar-refractivity contribution in [2.45, 2.75) is 40.5 Å². The molecule has 0 atom stereocenters. The average molecular weight is 310 g/mol. The number of hydrogen-bond acceptors (Lipinski definition) is 2. The van der Waals surface area contributed by atoms with Gasteiger partial charge in [-0.1, -0.05) is 31.2 Å². The van der Waals surface area contributed by atoms with Gasteiger partial charge in [0.25, 0.3) is 0 Å². The van der Waals surface area contributed by atoms with E-state index in [0.717, 1.165) is 17.8 Å². The molecule has 0 radical (unpaired) electrons. The van der Waals surface area contributed by atoms with Gasteiger partial charge in [0.1, 0.15) is 0 Å². The minimum atomic E-state index is 0.0346. The van der Waals surface area contributed by atoms with E-state index in [2.05, 4.69) is 56.5 Å². The molecule has 23 heavy (non-hydrogen) atoms. The van der Waals surface area contributed by atoms with Crippen molar-refractivity contribution in [2.75, 3.05) is 17.2 Å². The normalized spacial score (nSPS) is 10.4. The Morgan fingerprint density at radius 2 is 1.78 bits per heavy atom. The van der Waals surface area contributed by atoms with Gasteiger partial charge in [-0.3, -0.25) is 4.79 Å². The van der Waals surface area contributed by atoms with Crippen LogP contribution in [0.25, 0.3) is 0 Å². The van der Waals surface area contributed by atoms with E-state index in [1.165, 1.54) is 22.3 Å². The fourth-order valence-corrected chi connectivity index (χ4v) is 2.62. The van der Waals surface area contributed by atoms with Gasteiger partial charge in [0.2, 0.25) is 5.91 Å². The fourth-order valence-electron chi connectivity index (χ4n) is 2.62. The number of rotatable bonds is 6. The number of benzene rings is 2. The van der Waals surface area contributed by atoms with E-state index in [9.17, 15) is 4.79 Å². The molecule has 0 aliphatic carbocycles.